The van der Waals surface area contributed by atoms with Gasteiger partial charge in [0.1, 0.15) is 0 Å². The van der Waals surface area contributed by atoms with Crippen LogP contribution in [0.4, 0.5) is 0 Å². The van der Waals surface area contributed by atoms with Crippen molar-refractivity contribution in [3.8, 4) is 0 Å². The van der Waals surface area contributed by atoms with Crippen LogP contribution in [0.5, 0.6) is 0 Å². The molecule has 0 unspecified atom stereocenters. The number of alkyl halides is 2. The fourth-order valence-electron chi connectivity index (χ4n) is 0.811. The molecule has 0 aliphatic rings. The van der Waals surface area contributed by atoms with Crippen LogP contribution < -0.4 is 5.32 Å². The van der Waals surface area contributed by atoms with Crippen molar-refractivity contribution < 1.29 is 0 Å². The maximum absolute atomic E-state index is 5.32. The first-order chi connectivity index (χ1) is 6.85. The van der Waals surface area contributed by atoms with E-state index in [1.807, 2.05) is 18.2 Å². The van der Waals surface area contributed by atoms with Crippen LogP contribution in [0.15, 0.2) is 30.3 Å². The zero-order valence-corrected chi connectivity index (χ0v) is 10.8. The molecule has 1 aromatic rings. The third-order valence-corrected chi connectivity index (χ3v) is 2.35. The standard InChI is InChI=1S/C7H7Br.C4H10ClN/c8-6-7-4-2-1-3-5-7;1-2-6-4-3-5/h1-5H,6H2;6H,2-4H2,1H3. The lowest BCUT2D eigenvalue weighted by atomic mass is 10.2. The molecule has 0 aromatic heterocycles. The minimum Gasteiger partial charge on any atom is -0.316 e. The summed E-state index contributed by atoms with van der Waals surface area (Å²) in [5.74, 6) is 0.716. The van der Waals surface area contributed by atoms with E-state index < -0.39 is 0 Å². The van der Waals surface area contributed by atoms with E-state index in [0.717, 1.165) is 18.4 Å². The molecule has 0 aliphatic carbocycles. The van der Waals surface area contributed by atoms with Crippen molar-refractivity contribution in [2.45, 2.75) is 12.3 Å². The van der Waals surface area contributed by atoms with E-state index in [2.05, 4.69) is 40.3 Å². The quantitative estimate of drug-likeness (QED) is 0.657. The molecule has 1 nitrogen and oxygen atoms in total. The first-order valence-electron chi connectivity index (χ1n) is 4.71. The molecular formula is C11H17BrClN. The lowest BCUT2D eigenvalue weighted by Gasteiger charge is -1.90. The summed E-state index contributed by atoms with van der Waals surface area (Å²) in [5.41, 5.74) is 1.33. The smallest absolute Gasteiger partial charge is 0.0348 e. The van der Waals surface area contributed by atoms with Gasteiger partial charge in [-0.05, 0) is 12.1 Å². The molecule has 80 valence electrons. The van der Waals surface area contributed by atoms with Gasteiger partial charge in [0.25, 0.3) is 0 Å². The minimum absolute atomic E-state index is 0.716. The summed E-state index contributed by atoms with van der Waals surface area (Å²) in [6.45, 7) is 4.01. The van der Waals surface area contributed by atoms with Crippen molar-refractivity contribution in [3.05, 3.63) is 35.9 Å². The molecule has 0 fully saturated rings. The Bertz CT molecular complexity index is 200. The van der Waals surface area contributed by atoms with Crippen molar-refractivity contribution in [3.63, 3.8) is 0 Å². The molecule has 0 amide bonds. The van der Waals surface area contributed by atoms with E-state index in [4.69, 9.17) is 11.6 Å². The summed E-state index contributed by atoms with van der Waals surface area (Å²) < 4.78 is 0. The van der Waals surface area contributed by atoms with E-state index in [-0.39, 0.29) is 0 Å². The molecule has 1 N–H and O–H groups in total. The molecule has 1 aromatic carbocycles. The Morgan fingerprint density at radius 2 is 1.93 bits per heavy atom. The largest absolute Gasteiger partial charge is 0.316 e. The summed E-state index contributed by atoms with van der Waals surface area (Å²) in [6.07, 6.45) is 0. The lowest BCUT2D eigenvalue weighted by Crippen LogP contribution is -2.14. The summed E-state index contributed by atoms with van der Waals surface area (Å²) in [7, 11) is 0. The molecule has 0 radical (unpaired) electrons. The number of hydrogen-bond acceptors (Lipinski definition) is 1. The molecule has 0 saturated carbocycles. The number of halogens is 2. The van der Waals surface area contributed by atoms with Crippen LogP contribution in [0, 0.1) is 0 Å². The molecule has 1 rings (SSSR count). The van der Waals surface area contributed by atoms with Gasteiger partial charge in [0.05, 0.1) is 0 Å². The minimum atomic E-state index is 0.716. The Kier molecular flexibility index (Phi) is 11.0. The van der Waals surface area contributed by atoms with Gasteiger partial charge in [0, 0.05) is 17.8 Å². The van der Waals surface area contributed by atoms with E-state index in [9.17, 15) is 0 Å². The average Bonchev–Trinajstić information content (AvgIpc) is 2.28. The second-order valence-corrected chi connectivity index (χ2v) is 3.60. The Balaban J connectivity index is 0.000000255. The second-order valence-electron chi connectivity index (χ2n) is 2.66. The molecule has 0 saturated heterocycles. The molecule has 0 bridgehead atoms. The third-order valence-electron chi connectivity index (χ3n) is 1.52. The van der Waals surface area contributed by atoms with Gasteiger partial charge in [0.15, 0.2) is 0 Å². The monoisotopic (exact) mass is 277 g/mol. The van der Waals surface area contributed by atoms with Crippen LogP contribution in [0.3, 0.4) is 0 Å². The van der Waals surface area contributed by atoms with Gasteiger partial charge < -0.3 is 5.32 Å². The molecule has 14 heavy (non-hydrogen) atoms. The molecule has 3 heteroatoms. The van der Waals surface area contributed by atoms with Gasteiger partial charge in [0.2, 0.25) is 0 Å². The Morgan fingerprint density at radius 1 is 1.29 bits per heavy atom. The van der Waals surface area contributed by atoms with E-state index >= 15 is 0 Å². The third kappa shape index (κ3) is 8.54. The topological polar surface area (TPSA) is 12.0 Å². The fourth-order valence-corrected chi connectivity index (χ4v) is 1.32. The van der Waals surface area contributed by atoms with Crippen molar-refractivity contribution in [2.75, 3.05) is 19.0 Å². The van der Waals surface area contributed by atoms with Crippen molar-refractivity contribution in [1.29, 1.82) is 0 Å². The zero-order chi connectivity index (χ0) is 10.6. The van der Waals surface area contributed by atoms with Crippen LogP contribution in [0.1, 0.15) is 12.5 Å². The van der Waals surface area contributed by atoms with Crippen LogP contribution in [-0.2, 0) is 5.33 Å². The molecule has 0 atom stereocenters. The van der Waals surface area contributed by atoms with Gasteiger partial charge in [-0.2, -0.15) is 0 Å². The normalized spacial score (nSPS) is 9.07. The second kappa shape index (κ2) is 11.0. The molecule has 0 spiro atoms. The Labute approximate surface area is 100.0 Å². The Morgan fingerprint density at radius 3 is 2.21 bits per heavy atom. The van der Waals surface area contributed by atoms with Crippen LogP contribution >= 0.6 is 27.5 Å². The van der Waals surface area contributed by atoms with Gasteiger partial charge >= 0.3 is 0 Å². The van der Waals surface area contributed by atoms with E-state index in [1.54, 1.807) is 0 Å². The van der Waals surface area contributed by atoms with Crippen LogP contribution in [0.25, 0.3) is 0 Å². The highest BCUT2D eigenvalue weighted by Crippen LogP contribution is 2.02. The van der Waals surface area contributed by atoms with Crippen molar-refractivity contribution in [2.24, 2.45) is 0 Å². The van der Waals surface area contributed by atoms with E-state index in [1.165, 1.54) is 5.56 Å². The highest BCUT2D eigenvalue weighted by Gasteiger charge is 1.81. The predicted octanol–water partition coefficient (Wildman–Crippen LogP) is 3.42. The highest BCUT2D eigenvalue weighted by molar-refractivity contribution is 9.08. The summed E-state index contributed by atoms with van der Waals surface area (Å²) >= 11 is 8.68. The van der Waals surface area contributed by atoms with Gasteiger partial charge in [-0.3, -0.25) is 0 Å². The predicted molar refractivity (Wildman–Crippen MR) is 68.3 cm³/mol. The number of benzene rings is 1. The average molecular weight is 279 g/mol. The highest BCUT2D eigenvalue weighted by atomic mass is 79.9. The molecule has 0 heterocycles. The lowest BCUT2D eigenvalue weighted by molar-refractivity contribution is 0.766. The van der Waals surface area contributed by atoms with Crippen molar-refractivity contribution in [1.82, 2.24) is 5.32 Å². The Hall–Kier alpha value is -0.0500. The van der Waals surface area contributed by atoms with Gasteiger partial charge in [-0.25, -0.2) is 0 Å². The van der Waals surface area contributed by atoms with Crippen LogP contribution in [0.2, 0.25) is 0 Å². The number of nitrogens with one attached hydrogen (secondary N) is 1. The molecular weight excluding hydrogens is 261 g/mol. The maximum atomic E-state index is 5.32. The maximum Gasteiger partial charge on any atom is 0.0348 e. The number of hydrogen-bond donors (Lipinski definition) is 1. The molecule has 0 aliphatic heterocycles. The van der Waals surface area contributed by atoms with Gasteiger partial charge in [-0.1, -0.05) is 53.2 Å². The summed E-state index contributed by atoms with van der Waals surface area (Å²) in [5, 5.41) is 4.02. The summed E-state index contributed by atoms with van der Waals surface area (Å²) in [4.78, 5) is 0. The fraction of sp³-hybridized carbons (Fsp3) is 0.455. The SMILES string of the molecule is BrCc1ccccc1.CCNCCCl. The number of rotatable bonds is 4. The zero-order valence-electron chi connectivity index (χ0n) is 8.47. The van der Waals surface area contributed by atoms with Crippen LogP contribution in [-0.4, -0.2) is 19.0 Å². The summed E-state index contributed by atoms with van der Waals surface area (Å²) in [6, 6.07) is 10.3. The first-order valence-corrected chi connectivity index (χ1v) is 6.37. The van der Waals surface area contributed by atoms with E-state index in [0.29, 0.717) is 5.88 Å². The first kappa shape index (κ1) is 13.9. The van der Waals surface area contributed by atoms with Gasteiger partial charge in [-0.15, -0.1) is 11.6 Å². The van der Waals surface area contributed by atoms with Crippen molar-refractivity contribution >= 4 is 27.5 Å².